The SMILES string of the molecule is O=C(Nc1cc(C#CCO)ccn1)c1ccccc1F. The van der Waals surface area contributed by atoms with E-state index in [4.69, 9.17) is 5.11 Å². The molecule has 1 amide bonds. The van der Waals surface area contributed by atoms with Crippen molar-refractivity contribution in [3.63, 3.8) is 0 Å². The Morgan fingerprint density at radius 3 is 2.90 bits per heavy atom. The smallest absolute Gasteiger partial charge is 0.259 e. The Balaban J connectivity index is 2.18. The maximum absolute atomic E-state index is 13.5. The number of anilines is 1. The molecule has 0 fully saturated rings. The van der Waals surface area contributed by atoms with E-state index in [0.29, 0.717) is 5.56 Å². The number of aliphatic hydroxyl groups is 1. The molecule has 2 aromatic rings. The number of rotatable bonds is 2. The molecular formula is C15H11FN2O2. The lowest BCUT2D eigenvalue weighted by Crippen LogP contribution is -2.14. The lowest BCUT2D eigenvalue weighted by molar-refractivity contribution is 0.102. The predicted molar refractivity (Wildman–Crippen MR) is 72.6 cm³/mol. The second-order valence-electron chi connectivity index (χ2n) is 3.82. The second kappa shape index (κ2) is 6.45. The van der Waals surface area contributed by atoms with Crippen molar-refractivity contribution in [2.45, 2.75) is 0 Å². The molecular weight excluding hydrogens is 259 g/mol. The van der Waals surface area contributed by atoms with Crippen molar-refractivity contribution >= 4 is 11.7 Å². The Labute approximate surface area is 115 Å². The average molecular weight is 270 g/mol. The highest BCUT2D eigenvalue weighted by Crippen LogP contribution is 2.11. The zero-order valence-electron chi connectivity index (χ0n) is 10.4. The van der Waals surface area contributed by atoms with Crippen LogP contribution >= 0.6 is 0 Å². The number of carbonyl (C=O) groups excluding carboxylic acids is 1. The number of aliphatic hydroxyl groups excluding tert-OH is 1. The van der Waals surface area contributed by atoms with Gasteiger partial charge in [0, 0.05) is 11.8 Å². The summed E-state index contributed by atoms with van der Waals surface area (Å²) in [7, 11) is 0. The summed E-state index contributed by atoms with van der Waals surface area (Å²) < 4.78 is 13.5. The van der Waals surface area contributed by atoms with Gasteiger partial charge in [-0.3, -0.25) is 4.79 Å². The lowest BCUT2D eigenvalue weighted by Gasteiger charge is -2.05. The topological polar surface area (TPSA) is 62.2 Å². The first-order valence-electron chi connectivity index (χ1n) is 5.82. The Bertz CT molecular complexity index is 690. The third kappa shape index (κ3) is 3.40. The Kier molecular flexibility index (Phi) is 4.43. The number of nitrogens with one attached hydrogen (secondary N) is 1. The minimum absolute atomic E-state index is 0.0545. The van der Waals surface area contributed by atoms with Gasteiger partial charge in [0.05, 0.1) is 5.56 Å². The molecule has 2 rings (SSSR count). The summed E-state index contributed by atoms with van der Waals surface area (Å²) in [6, 6.07) is 8.87. The summed E-state index contributed by atoms with van der Waals surface area (Å²) in [6.45, 7) is -0.251. The average Bonchev–Trinajstić information content (AvgIpc) is 2.46. The van der Waals surface area contributed by atoms with E-state index >= 15 is 0 Å². The van der Waals surface area contributed by atoms with Crippen LogP contribution in [-0.2, 0) is 0 Å². The summed E-state index contributed by atoms with van der Waals surface area (Å²) in [5, 5.41) is 11.1. The zero-order valence-corrected chi connectivity index (χ0v) is 10.4. The van der Waals surface area contributed by atoms with Gasteiger partial charge in [-0.25, -0.2) is 9.37 Å². The molecule has 1 heterocycles. The van der Waals surface area contributed by atoms with E-state index in [0.717, 1.165) is 0 Å². The lowest BCUT2D eigenvalue weighted by atomic mass is 10.2. The highest BCUT2D eigenvalue weighted by Gasteiger charge is 2.11. The number of pyridine rings is 1. The van der Waals surface area contributed by atoms with E-state index in [-0.39, 0.29) is 18.0 Å². The molecule has 0 unspecified atom stereocenters. The molecule has 100 valence electrons. The molecule has 4 nitrogen and oxygen atoms in total. The minimum Gasteiger partial charge on any atom is -0.384 e. The number of halogens is 1. The zero-order chi connectivity index (χ0) is 14.4. The van der Waals surface area contributed by atoms with Crippen LogP contribution in [0.3, 0.4) is 0 Å². The van der Waals surface area contributed by atoms with Crippen LogP contribution in [0.5, 0.6) is 0 Å². The summed E-state index contributed by atoms with van der Waals surface area (Å²) >= 11 is 0. The van der Waals surface area contributed by atoms with Crippen molar-refractivity contribution in [1.29, 1.82) is 0 Å². The van der Waals surface area contributed by atoms with E-state index in [1.165, 1.54) is 24.4 Å². The minimum atomic E-state index is -0.596. The van der Waals surface area contributed by atoms with Gasteiger partial charge in [-0.2, -0.15) is 0 Å². The highest BCUT2D eigenvalue weighted by atomic mass is 19.1. The van der Waals surface area contributed by atoms with Crippen LogP contribution in [0, 0.1) is 17.7 Å². The monoisotopic (exact) mass is 270 g/mol. The van der Waals surface area contributed by atoms with Gasteiger partial charge in [-0.15, -0.1) is 0 Å². The fraction of sp³-hybridized carbons (Fsp3) is 0.0667. The molecule has 0 bridgehead atoms. The third-order valence-electron chi connectivity index (χ3n) is 2.43. The molecule has 0 aliphatic heterocycles. The Morgan fingerprint density at radius 2 is 2.15 bits per heavy atom. The van der Waals surface area contributed by atoms with Crippen LogP contribution in [0.25, 0.3) is 0 Å². The van der Waals surface area contributed by atoms with E-state index in [1.54, 1.807) is 18.2 Å². The van der Waals surface area contributed by atoms with Crippen LogP contribution in [-0.4, -0.2) is 22.6 Å². The van der Waals surface area contributed by atoms with Gasteiger partial charge in [0.25, 0.3) is 5.91 Å². The Hall–Kier alpha value is -2.71. The first-order chi connectivity index (χ1) is 9.70. The highest BCUT2D eigenvalue weighted by molar-refractivity contribution is 6.03. The molecule has 0 saturated carbocycles. The molecule has 0 spiro atoms. The van der Waals surface area contributed by atoms with Crippen molar-refractivity contribution in [3.05, 3.63) is 59.5 Å². The Morgan fingerprint density at radius 1 is 1.35 bits per heavy atom. The maximum Gasteiger partial charge on any atom is 0.259 e. The van der Waals surface area contributed by atoms with E-state index < -0.39 is 11.7 Å². The predicted octanol–water partition coefficient (Wildman–Crippen LogP) is 1.82. The normalized spacial score (nSPS) is 9.50. The third-order valence-corrected chi connectivity index (χ3v) is 2.43. The first-order valence-corrected chi connectivity index (χ1v) is 5.82. The fourth-order valence-corrected chi connectivity index (χ4v) is 1.55. The number of benzene rings is 1. The molecule has 0 saturated heterocycles. The standard InChI is InChI=1S/C15H11FN2O2/c16-13-6-2-1-5-12(13)15(20)18-14-10-11(4-3-9-19)7-8-17-14/h1-2,5-8,10,19H,9H2,(H,17,18,20). The van der Waals surface area contributed by atoms with Crippen molar-refractivity contribution in [1.82, 2.24) is 4.98 Å². The molecule has 0 atom stereocenters. The van der Waals surface area contributed by atoms with Gasteiger partial charge in [-0.05, 0) is 24.3 Å². The molecule has 1 aromatic carbocycles. The molecule has 0 radical (unpaired) electrons. The fourth-order valence-electron chi connectivity index (χ4n) is 1.55. The summed E-state index contributed by atoms with van der Waals surface area (Å²) in [5.41, 5.74) is 0.541. The largest absolute Gasteiger partial charge is 0.384 e. The molecule has 5 heteroatoms. The number of aromatic nitrogens is 1. The number of amides is 1. The van der Waals surface area contributed by atoms with Gasteiger partial charge in [-0.1, -0.05) is 24.0 Å². The number of carbonyl (C=O) groups is 1. The van der Waals surface area contributed by atoms with Crippen molar-refractivity contribution in [2.24, 2.45) is 0 Å². The van der Waals surface area contributed by atoms with E-state index in [1.807, 2.05) is 0 Å². The quantitative estimate of drug-likeness (QED) is 0.818. The molecule has 20 heavy (non-hydrogen) atoms. The molecule has 2 N–H and O–H groups in total. The number of hydrogen-bond donors (Lipinski definition) is 2. The van der Waals surface area contributed by atoms with Crippen LogP contribution in [0.4, 0.5) is 10.2 Å². The van der Waals surface area contributed by atoms with Crippen molar-refractivity contribution < 1.29 is 14.3 Å². The maximum atomic E-state index is 13.5. The van der Waals surface area contributed by atoms with Crippen molar-refractivity contribution in [2.75, 3.05) is 11.9 Å². The van der Waals surface area contributed by atoms with Crippen LogP contribution in [0.2, 0.25) is 0 Å². The summed E-state index contributed by atoms with van der Waals surface area (Å²) in [5.74, 6) is 4.27. The van der Waals surface area contributed by atoms with Crippen molar-refractivity contribution in [3.8, 4) is 11.8 Å². The van der Waals surface area contributed by atoms with Gasteiger partial charge in [0.1, 0.15) is 18.2 Å². The number of nitrogens with zero attached hydrogens (tertiary/aromatic N) is 1. The summed E-state index contributed by atoms with van der Waals surface area (Å²) in [6.07, 6.45) is 1.47. The summed E-state index contributed by atoms with van der Waals surface area (Å²) in [4.78, 5) is 15.9. The van der Waals surface area contributed by atoms with Crippen LogP contribution in [0.1, 0.15) is 15.9 Å². The van der Waals surface area contributed by atoms with Gasteiger partial charge >= 0.3 is 0 Å². The van der Waals surface area contributed by atoms with Crippen LogP contribution < -0.4 is 5.32 Å². The number of hydrogen-bond acceptors (Lipinski definition) is 3. The van der Waals surface area contributed by atoms with Crippen LogP contribution in [0.15, 0.2) is 42.6 Å². The first kappa shape index (κ1) is 13.7. The molecule has 0 aliphatic rings. The van der Waals surface area contributed by atoms with E-state index in [9.17, 15) is 9.18 Å². The van der Waals surface area contributed by atoms with Gasteiger partial charge < -0.3 is 10.4 Å². The van der Waals surface area contributed by atoms with E-state index in [2.05, 4.69) is 22.1 Å². The molecule has 1 aromatic heterocycles. The second-order valence-corrected chi connectivity index (χ2v) is 3.82. The molecule has 0 aliphatic carbocycles. The van der Waals surface area contributed by atoms with Gasteiger partial charge in [0.2, 0.25) is 0 Å². The van der Waals surface area contributed by atoms with Gasteiger partial charge in [0.15, 0.2) is 0 Å².